The predicted molar refractivity (Wildman–Crippen MR) is 250 cm³/mol. The molecule has 0 amide bonds. The molecule has 67 heavy (non-hydrogen) atoms. The molecular formula is C48H46Cl2FN7O8S. The van der Waals surface area contributed by atoms with Gasteiger partial charge in [0, 0.05) is 74.4 Å². The molecule has 0 spiro atoms. The van der Waals surface area contributed by atoms with Gasteiger partial charge in [-0.2, -0.15) is 0 Å². The molecule has 348 valence electrons. The number of likely N-dealkylation sites (N-methyl/N-ethyl adjacent to an activating group) is 1. The highest BCUT2D eigenvalue weighted by atomic mass is 35.5. The van der Waals surface area contributed by atoms with Crippen molar-refractivity contribution >= 4 is 62.6 Å². The number of anilines is 1. The summed E-state index contributed by atoms with van der Waals surface area (Å²) in [4.78, 5) is 51.0. The van der Waals surface area contributed by atoms with Crippen molar-refractivity contribution < 1.29 is 43.1 Å². The van der Waals surface area contributed by atoms with Crippen molar-refractivity contribution in [3.05, 3.63) is 99.3 Å². The number of aromatic nitrogens is 4. The molecule has 5 atom stereocenters. The van der Waals surface area contributed by atoms with Gasteiger partial charge in [-0.25, -0.2) is 29.1 Å². The highest BCUT2D eigenvalue weighted by Crippen LogP contribution is 2.54. The van der Waals surface area contributed by atoms with Gasteiger partial charge in [-0.05, 0) is 91.4 Å². The van der Waals surface area contributed by atoms with Crippen LogP contribution in [-0.2, 0) is 22.6 Å². The van der Waals surface area contributed by atoms with Gasteiger partial charge < -0.3 is 39.0 Å². The summed E-state index contributed by atoms with van der Waals surface area (Å²) in [5, 5.41) is 21.4. The number of piperidine rings is 1. The fourth-order valence-corrected chi connectivity index (χ4v) is 11.2. The standard InChI is InChI=1S/C48H46Cl2FN7O8S/c1-24-36-25(2)41(50)42(40(24)49)65-31(18-57-14-12-56(3)13-15-57)22-63-30-8-9-34(64-21-29-10-11-52-48(55-29)58-19-32-33(20-58)37(32)47(61)62)27(16-30)17-35(46(59)60)66-44-39-38(36)43(67-45(39)54-23-53-44)26-4-6-28(51)7-5-26/h4-11,16,23,31-33,35,37H,12-15,17-22H2,1-3H3,(H,59,60)(H,61,62)/t31-,32-,33+,35-,37?/m1/s1. The number of hydrogen-bond donors (Lipinski definition) is 2. The van der Waals surface area contributed by atoms with E-state index in [-0.39, 0.29) is 53.3 Å². The lowest BCUT2D eigenvalue weighted by Gasteiger charge is -2.35. The van der Waals surface area contributed by atoms with Gasteiger partial charge >= 0.3 is 11.9 Å². The van der Waals surface area contributed by atoms with Crippen LogP contribution < -0.4 is 23.8 Å². The van der Waals surface area contributed by atoms with Crippen LogP contribution >= 0.6 is 34.5 Å². The molecule has 1 aliphatic carbocycles. The maximum Gasteiger partial charge on any atom is 0.345 e. The zero-order chi connectivity index (χ0) is 46.7. The minimum atomic E-state index is -1.49. The van der Waals surface area contributed by atoms with Crippen LogP contribution in [0.2, 0.25) is 10.0 Å². The summed E-state index contributed by atoms with van der Waals surface area (Å²) in [6.45, 7) is 8.92. The van der Waals surface area contributed by atoms with E-state index >= 15 is 0 Å². The second kappa shape index (κ2) is 18.3. The molecule has 15 nitrogen and oxygen atoms in total. The zero-order valence-electron chi connectivity index (χ0n) is 36.7. The summed E-state index contributed by atoms with van der Waals surface area (Å²) in [7, 11) is 2.09. The maximum absolute atomic E-state index is 14.4. The van der Waals surface area contributed by atoms with E-state index < -0.39 is 30.0 Å². The lowest BCUT2D eigenvalue weighted by Crippen LogP contribution is -2.49. The monoisotopic (exact) mass is 969 g/mol. The number of rotatable bonds is 9. The summed E-state index contributed by atoms with van der Waals surface area (Å²) in [5.74, 6) is -0.948. The fraction of sp³-hybridized carbons (Fsp3) is 0.375. The Hall–Kier alpha value is -5.85. The van der Waals surface area contributed by atoms with Gasteiger partial charge in [-0.1, -0.05) is 35.3 Å². The smallest absolute Gasteiger partial charge is 0.345 e. The molecule has 19 heteroatoms. The summed E-state index contributed by atoms with van der Waals surface area (Å²) >= 11 is 16.0. The van der Waals surface area contributed by atoms with Gasteiger partial charge in [0.15, 0.2) is 5.75 Å². The number of halogens is 3. The van der Waals surface area contributed by atoms with Crippen LogP contribution in [0.5, 0.6) is 23.1 Å². The fourth-order valence-electron chi connectivity index (χ4n) is 9.54. The number of hydrogen-bond acceptors (Lipinski definition) is 14. The Bertz CT molecular complexity index is 2860. The topological polar surface area (TPSA) is 173 Å². The third kappa shape index (κ3) is 8.90. The van der Waals surface area contributed by atoms with Crippen molar-refractivity contribution in [3.8, 4) is 44.7 Å². The Morgan fingerprint density at radius 1 is 0.910 bits per heavy atom. The van der Waals surface area contributed by atoms with E-state index in [0.717, 1.165) is 26.2 Å². The lowest BCUT2D eigenvalue weighted by atomic mass is 9.92. The largest absolute Gasteiger partial charge is 0.490 e. The van der Waals surface area contributed by atoms with Gasteiger partial charge in [0.1, 0.15) is 47.8 Å². The molecule has 0 radical (unpaired) electrons. The highest BCUT2D eigenvalue weighted by molar-refractivity contribution is 7.22. The number of aliphatic carboxylic acids is 2. The first-order chi connectivity index (χ1) is 32.3. The van der Waals surface area contributed by atoms with E-state index in [4.69, 9.17) is 47.1 Å². The van der Waals surface area contributed by atoms with Gasteiger partial charge in [-0.3, -0.25) is 9.69 Å². The second-order valence-electron chi connectivity index (χ2n) is 17.6. The average molecular weight is 971 g/mol. The first-order valence-corrected chi connectivity index (χ1v) is 23.6. The Labute approximate surface area is 399 Å². The van der Waals surface area contributed by atoms with E-state index in [1.165, 1.54) is 29.8 Å². The molecule has 2 saturated heterocycles. The minimum Gasteiger partial charge on any atom is -0.490 e. The summed E-state index contributed by atoms with van der Waals surface area (Å²) < 4.78 is 40.6. The van der Waals surface area contributed by atoms with E-state index in [1.54, 1.807) is 42.6 Å². The number of nitrogens with zero attached hydrogens (tertiary/aromatic N) is 7. The first-order valence-electron chi connectivity index (χ1n) is 22.0. The van der Waals surface area contributed by atoms with Crippen molar-refractivity contribution in [2.75, 3.05) is 64.4 Å². The number of ether oxygens (including phenoxy) is 4. The zero-order valence-corrected chi connectivity index (χ0v) is 39.1. The summed E-state index contributed by atoms with van der Waals surface area (Å²) in [6.07, 6.45) is 0.760. The Morgan fingerprint density at radius 3 is 2.34 bits per heavy atom. The van der Waals surface area contributed by atoms with E-state index in [9.17, 15) is 24.2 Å². The van der Waals surface area contributed by atoms with Crippen LogP contribution in [0.15, 0.2) is 61.1 Å². The van der Waals surface area contributed by atoms with Crippen molar-refractivity contribution in [2.45, 2.75) is 39.1 Å². The summed E-state index contributed by atoms with van der Waals surface area (Å²) in [6, 6.07) is 13.0. The second-order valence-corrected chi connectivity index (χ2v) is 19.3. The molecule has 5 aliphatic rings. The predicted octanol–water partition coefficient (Wildman–Crippen LogP) is 7.69. The maximum atomic E-state index is 14.4. The molecule has 3 fully saturated rings. The number of benzene rings is 3. The molecule has 2 N–H and O–H groups in total. The normalized spacial score (nSPS) is 21.8. The third-order valence-corrected chi connectivity index (χ3v) is 15.3. The average Bonchev–Trinajstić information content (AvgIpc) is 3.60. The van der Waals surface area contributed by atoms with Crippen LogP contribution in [-0.4, -0.2) is 124 Å². The molecule has 6 aromatic rings. The van der Waals surface area contributed by atoms with Crippen molar-refractivity contribution in [1.29, 1.82) is 0 Å². The molecule has 3 aromatic carbocycles. The minimum absolute atomic E-state index is 0.0116. The van der Waals surface area contributed by atoms with Crippen molar-refractivity contribution in [1.82, 2.24) is 29.7 Å². The van der Waals surface area contributed by atoms with Gasteiger partial charge in [-0.15, -0.1) is 11.3 Å². The molecule has 11 rings (SSSR count). The number of carboxylic acid groups (broad SMARTS) is 2. The number of carboxylic acids is 2. The highest BCUT2D eigenvalue weighted by Gasteiger charge is 2.60. The molecule has 4 bridgehead atoms. The number of carbonyl (C=O) groups is 2. The molecule has 3 aromatic heterocycles. The van der Waals surface area contributed by atoms with Crippen LogP contribution in [0.3, 0.4) is 0 Å². The molecule has 4 aliphatic heterocycles. The summed E-state index contributed by atoms with van der Waals surface area (Å²) in [5.41, 5.74) is 4.27. The Morgan fingerprint density at radius 2 is 1.64 bits per heavy atom. The first kappa shape index (κ1) is 45.0. The molecule has 1 saturated carbocycles. The molecule has 1 unspecified atom stereocenters. The van der Waals surface area contributed by atoms with Gasteiger partial charge in [0.25, 0.3) is 0 Å². The van der Waals surface area contributed by atoms with Crippen LogP contribution in [0.4, 0.5) is 10.3 Å². The van der Waals surface area contributed by atoms with Crippen LogP contribution in [0.25, 0.3) is 31.8 Å². The van der Waals surface area contributed by atoms with Crippen LogP contribution in [0.1, 0.15) is 22.4 Å². The number of piperazine rings is 1. The van der Waals surface area contributed by atoms with E-state index in [0.29, 0.717) is 97.0 Å². The van der Waals surface area contributed by atoms with Gasteiger partial charge in [0.05, 0.1) is 27.0 Å². The third-order valence-electron chi connectivity index (χ3n) is 13.2. The van der Waals surface area contributed by atoms with Crippen molar-refractivity contribution in [2.24, 2.45) is 17.8 Å². The van der Waals surface area contributed by atoms with Crippen LogP contribution in [0, 0.1) is 37.4 Å². The van der Waals surface area contributed by atoms with E-state index in [1.807, 2.05) is 18.7 Å². The lowest BCUT2D eigenvalue weighted by molar-refractivity contribution is -0.145. The number of fused-ring (bicyclic) bond motifs is 8. The number of thiophene rings is 1. The van der Waals surface area contributed by atoms with E-state index in [2.05, 4.69) is 31.8 Å². The Kier molecular flexibility index (Phi) is 12.3. The van der Waals surface area contributed by atoms with Gasteiger partial charge in [0.2, 0.25) is 17.9 Å². The molecule has 7 heterocycles. The molecular weight excluding hydrogens is 925 g/mol. The quantitative estimate of drug-likeness (QED) is 0.144. The SMILES string of the molecule is Cc1c(Cl)c2c(Cl)c(C)c1-c1c(-c3ccc(F)cc3)sc3ncnc(c13)O[C@@H](C(=O)O)Cc1cc(ccc1OCc1ccnc(N3C[C@@H]4C(C(=O)O)[C@@H]4C3)n1)OC[C@@H](CN1CCN(C)CC1)O2. The van der Waals surface area contributed by atoms with Crippen molar-refractivity contribution in [3.63, 3.8) is 0 Å². The Balaban J connectivity index is 1.05.